The van der Waals surface area contributed by atoms with E-state index in [0.717, 1.165) is 31.5 Å². The van der Waals surface area contributed by atoms with Crippen molar-refractivity contribution in [3.63, 3.8) is 0 Å². The zero-order valence-electron chi connectivity index (χ0n) is 9.80. The third-order valence-electron chi connectivity index (χ3n) is 3.29. The van der Waals surface area contributed by atoms with Crippen molar-refractivity contribution in [3.05, 3.63) is 39.7 Å². The number of piperidine rings is 1. The number of halogens is 1. The van der Waals surface area contributed by atoms with Gasteiger partial charge in [-0.3, -0.25) is 10.1 Å². The van der Waals surface area contributed by atoms with Gasteiger partial charge < -0.3 is 10.4 Å². The van der Waals surface area contributed by atoms with Gasteiger partial charge in [0.25, 0.3) is 0 Å². The van der Waals surface area contributed by atoms with Crippen LogP contribution < -0.4 is 5.32 Å². The largest absolute Gasteiger partial charge is 0.388 e. The Kier molecular flexibility index (Phi) is 3.88. The normalized spacial score (nSPS) is 21.6. The minimum Gasteiger partial charge on any atom is -0.388 e. The maximum Gasteiger partial charge on any atom is 0.305 e. The van der Waals surface area contributed by atoms with Crippen molar-refractivity contribution in [2.75, 3.05) is 13.1 Å². The van der Waals surface area contributed by atoms with Crippen LogP contribution in [0.5, 0.6) is 0 Å². The van der Waals surface area contributed by atoms with E-state index in [1.54, 1.807) is 0 Å². The van der Waals surface area contributed by atoms with Crippen molar-refractivity contribution in [1.29, 1.82) is 0 Å². The summed E-state index contributed by atoms with van der Waals surface area (Å²) in [6.07, 6.45) is 1.03. The predicted octanol–water partition coefficient (Wildman–Crippen LogP) is 1.77. The molecule has 1 heterocycles. The maximum atomic E-state index is 13.2. The molecule has 2 unspecified atom stereocenters. The molecule has 6 heteroatoms. The number of benzene rings is 1. The third-order valence-corrected chi connectivity index (χ3v) is 3.29. The summed E-state index contributed by atoms with van der Waals surface area (Å²) < 4.78 is 13.2. The molecule has 2 rings (SSSR count). The molecular weight excluding hydrogens is 239 g/mol. The molecule has 1 aliphatic rings. The number of nitro benzene ring substituents is 1. The van der Waals surface area contributed by atoms with Gasteiger partial charge in [-0.05, 0) is 31.0 Å². The molecule has 1 saturated heterocycles. The first-order valence-electron chi connectivity index (χ1n) is 5.92. The summed E-state index contributed by atoms with van der Waals surface area (Å²) in [6, 6.07) is 3.56. The summed E-state index contributed by atoms with van der Waals surface area (Å²) in [5.74, 6) is -0.860. The van der Waals surface area contributed by atoms with E-state index in [0.29, 0.717) is 12.1 Å². The van der Waals surface area contributed by atoms with E-state index in [2.05, 4.69) is 5.32 Å². The lowest BCUT2D eigenvalue weighted by Gasteiger charge is -2.27. The summed E-state index contributed by atoms with van der Waals surface area (Å²) in [6.45, 7) is 1.60. The summed E-state index contributed by atoms with van der Waals surface area (Å²) in [7, 11) is 0. The molecule has 0 aliphatic carbocycles. The van der Waals surface area contributed by atoms with Crippen LogP contribution in [0.3, 0.4) is 0 Å². The van der Waals surface area contributed by atoms with Gasteiger partial charge in [-0.25, -0.2) is 0 Å². The van der Waals surface area contributed by atoms with Crippen molar-refractivity contribution < 1.29 is 14.4 Å². The minimum absolute atomic E-state index is 0.0174. The molecule has 98 valence electrons. The molecule has 5 nitrogen and oxygen atoms in total. The van der Waals surface area contributed by atoms with Gasteiger partial charge in [0.1, 0.15) is 0 Å². The van der Waals surface area contributed by atoms with Crippen molar-refractivity contribution in [2.45, 2.75) is 18.9 Å². The molecule has 1 aliphatic heterocycles. The molecule has 1 aromatic carbocycles. The fourth-order valence-corrected chi connectivity index (χ4v) is 2.27. The van der Waals surface area contributed by atoms with Crippen LogP contribution in [-0.4, -0.2) is 23.1 Å². The number of aliphatic hydroxyl groups is 1. The van der Waals surface area contributed by atoms with Crippen molar-refractivity contribution in [1.82, 2.24) is 5.32 Å². The van der Waals surface area contributed by atoms with Gasteiger partial charge in [0, 0.05) is 18.5 Å². The van der Waals surface area contributed by atoms with E-state index < -0.39 is 22.5 Å². The van der Waals surface area contributed by atoms with Crippen LogP contribution in [0, 0.1) is 21.8 Å². The first-order chi connectivity index (χ1) is 8.59. The number of nitrogens with zero attached hydrogens (tertiary/aromatic N) is 1. The minimum atomic E-state index is -0.877. The van der Waals surface area contributed by atoms with Crippen molar-refractivity contribution >= 4 is 5.69 Å². The predicted molar refractivity (Wildman–Crippen MR) is 63.6 cm³/mol. The maximum absolute atomic E-state index is 13.2. The third kappa shape index (κ3) is 2.65. The highest BCUT2D eigenvalue weighted by molar-refractivity contribution is 5.37. The molecule has 0 bridgehead atoms. The highest BCUT2D eigenvalue weighted by Crippen LogP contribution is 2.30. The lowest BCUT2D eigenvalue weighted by atomic mass is 9.89. The van der Waals surface area contributed by atoms with Crippen molar-refractivity contribution in [3.8, 4) is 0 Å². The zero-order chi connectivity index (χ0) is 13.1. The first-order valence-corrected chi connectivity index (χ1v) is 5.92. The van der Waals surface area contributed by atoms with Gasteiger partial charge in [0.05, 0.1) is 11.0 Å². The molecule has 0 saturated carbocycles. The molecular formula is C12H15FN2O3. The molecule has 0 spiro atoms. The number of aliphatic hydroxyl groups excluding tert-OH is 1. The summed E-state index contributed by atoms with van der Waals surface area (Å²) in [4.78, 5) is 9.87. The first kappa shape index (κ1) is 12.9. The smallest absolute Gasteiger partial charge is 0.305 e. The highest BCUT2D eigenvalue weighted by Gasteiger charge is 2.25. The van der Waals surface area contributed by atoms with Gasteiger partial charge in [-0.1, -0.05) is 6.07 Å². The lowest BCUT2D eigenvalue weighted by molar-refractivity contribution is -0.387. The van der Waals surface area contributed by atoms with E-state index in [-0.39, 0.29) is 5.92 Å². The molecule has 18 heavy (non-hydrogen) atoms. The Morgan fingerprint density at radius 3 is 2.94 bits per heavy atom. The summed E-state index contributed by atoms with van der Waals surface area (Å²) in [5, 5.41) is 24.0. The molecule has 0 radical (unpaired) electrons. The van der Waals surface area contributed by atoms with Crippen molar-refractivity contribution in [2.24, 2.45) is 5.92 Å². The van der Waals surface area contributed by atoms with E-state index in [1.165, 1.54) is 6.07 Å². The fraction of sp³-hybridized carbons (Fsp3) is 0.500. The Hall–Kier alpha value is -1.53. The number of nitrogens with one attached hydrogen (secondary N) is 1. The SMILES string of the molecule is O=[N+]([O-])c1cc(C(O)C2CCCNC2)ccc1F. The Morgan fingerprint density at radius 2 is 2.33 bits per heavy atom. The highest BCUT2D eigenvalue weighted by atomic mass is 19.1. The second kappa shape index (κ2) is 5.41. The zero-order valence-corrected chi connectivity index (χ0v) is 9.80. The average molecular weight is 254 g/mol. The van der Waals surface area contributed by atoms with Crippen LogP contribution in [0.15, 0.2) is 18.2 Å². The van der Waals surface area contributed by atoms with Crippen LogP contribution in [-0.2, 0) is 0 Å². The fourth-order valence-electron chi connectivity index (χ4n) is 2.27. The van der Waals surface area contributed by atoms with Crippen LogP contribution in [0.4, 0.5) is 10.1 Å². The Labute approximate surface area is 104 Å². The van der Waals surface area contributed by atoms with Gasteiger partial charge in [0.2, 0.25) is 5.82 Å². The summed E-state index contributed by atoms with van der Waals surface area (Å²) in [5.41, 5.74) is -0.188. The Balaban J connectivity index is 2.21. The van der Waals surface area contributed by atoms with Gasteiger partial charge in [0.15, 0.2) is 0 Å². The van der Waals surface area contributed by atoms with E-state index in [4.69, 9.17) is 0 Å². The molecule has 1 aromatic rings. The van der Waals surface area contributed by atoms with E-state index in [1.807, 2.05) is 0 Å². The van der Waals surface area contributed by atoms with Crippen LogP contribution in [0.1, 0.15) is 24.5 Å². The second-order valence-corrected chi connectivity index (χ2v) is 4.52. The Bertz CT molecular complexity index is 447. The molecule has 1 fully saturated rings. The van der Waals surface area contributed by atoms with Gasteiger partial charge >= 0.3 is 5.69 Å². The lowest BCUT2D eigenvalue weighted by Crippen LogP contribution is -2.33. The van der Waals surface area contributed by atoms with Crippen LogP contribution >= 0.6 is 0 Å². The summed E-state index contributed by atoms with van der Waals surface area (Å²) >= 11 is 0. The van der Waals surface area contributed by atoms with E-state index in [9.17, 15) is 19.6 Å². The number of hydrogen-bond acceptors (Lipinski definition) is 4. The van der Waals surface area contributed by atoms with E-state index >= 15 is 0 Å². The second-order valence-electron chi connectivity index (χ2n) is 4.52. The Morgan fingerprint density at radius 1 is 1.56 bits per heavy atom. The van der Waals surface area contributed by atoms with Gasteiger partial charge in [-0.2, -0.15) is 4.39 Å². The van der Waals surface area contributed by atoms with Crippen LogP contribution in [0.2, 0.25) is 0 Å². The quantitative estimate of drug-likeness (QED) is 0.636. The monoisotopic (exact) mass is 254 g/mol. The topological polar surface area (TPSA) is 75.4 Å². The van der Waals surface area contributed by atoms with Gasteiger partial charge in [-0.15, -0.1) is 0 Å². The molecule has 2 atom stereocenters. The molecule has 0 aromatic heterocycles. The van der Waals surface area contributed by atoms with Crippen LogP contribution in [0.25, 0.3) is 0 Å². The standard InChI is InChI=1S/C12H15FN2O3/c13-10-4-3-8(6-11(10)15(17)18)12(16)9-2-1-5-14-7-9/h3-4,6,9,12,14,16H,1-2,5,7H2. The molecule has 0 amide bonds. The molecule has 2 N–H and O–H groups in total. The average Bonchev–Trinajstić information content (AvgIpc) is 2.39. The number of nitro groups is 1. The number of rotatable bonds is 3. The number of hydrogen-bond donors (Lipinski definition) is 2.